The highest BCUT2D eigenvalue weighted by Gasteiger charge is 2.30. The molecule has 2 aliphatic rings. The Kier molecular flexibility index (Phi) is 8.55. The molecule has 1 saturated carbocycles. The first kappa shape index (κ1) is 28.4. The van der Waals surface area contributed by atoms with Gasteiger partial charge in [-0.1, -0.05) is 60.7 Å². The molecule has 4 aromatic rings. The molecule has 6 rings (SSSR count). The maximum Gasteiger partial charge on any atom is 0.333 e. The molecule has 9 heteroatoms. The number of carbonyl (C=O) groups is 1. The van der Waals surface area contributed by atoms with Crippen LogP contribution in [0.1, 0.15) is 74.1 Å². The second kappa shape index (κ2) is 12.7. The monoisotopic (exact) mass is 586 g/mol. The number of halogens is 1. The Hall–Kier alpha value is -3.72. The standard InChI is InChI=1S/C33H35FN4O3S/c34-24-19-29-31(35-21-24)37(27-15-17-42-18-16-27)33(41)38(32(29)40)26-13-11-25(12-14-26)36-30(39)20-28(22-7-3-1-4-8-22)23-9-5-2-6-10-23/h1-10,19,21,25-28H,11-18,20H2,(H,36,39). The van der Waals surface area contributed by atoms with Gasteiger partial charge in [0, 0.05) is 30.5 Å². The highest BCUT2D eigenvalue weighted by Crippen LogP contribution is 2.31. The number of fused-ring (bicyclic) bond motifs is 1. The normalized spacial score (nSPS) is 19.7. The molecule has 2 fully saturated rings. The summed E-state index contributed by atoms with van der Waals surface area (Å²) in [7, 11) is 0. The van der Waals surface area contributed by atoms with E-state index in [9.17, 15) is 18.8 Å². The number of amides is 1. The number of rotatable bonds is 7. The number of carbonyl (C=O) groups excluding carboxylic acids is 1. The van der Waals surface area contributed by atoms with Crippen LogP contribution in [0, 0.1) is 5.82 Å². The Morgan fingerprint density at radius 1 is 0.881 bits per heavy atom. The fourth-order valence-electron chi connectivity index (χ4n) is 6.55. The molecular weight excluding hydrogens is 551 g/mol. The van der Waals surface area contributed by atoms with E-state index in [0.717, 1.165) is 41.7 Å². The summed E-state index contributed by atoms with van der Waals surface area (Å²) in [6.45, 7) is 0. The first-order valence-electron chi connectivity index (χ1n) is 14.8. The summed E-state index contributed by atoms with van der Waals surface area (Å²) in [5, 5.41) is 3.37. The van der Waals surface area contributed by atoms with Gasteiger partial charge in [-0.3, -0.25) is 18.7 Å². The lowest BCUT2D eigenvalue weighted by molar-refractivity contribution is -0.122. The third kappa shape index (κ3) is 5.93. The summed E-state index contributed by atoms with van der Waals surface area (Å²) in [4.78, 5) is 44.9. The van der Waals surface area contributed by atoms with Gasteiger partial charge in [-0.05, 0) is 67.2 Å². The number of nitrogens with zero attached hydrogens (tertiary/aromatic N) is 3. The molecule has 0 atom stereocenters. The number of hydrogen-bond acceptors (Lipinski definition) is 5. The Morgan fingerprint density at radius 2 is 1.48 bits per heavy atom. The van der Waals surface area contributed by atoms with Gasteiger partial charge < -0.3 is 5.32 Å². The molecule has 3 heterocycles. The first-order valence-corrected chi connectivity index (χ1v) is 15.9. The number of nitrogens with one attached hydrogen (secondary N) is 1. The van der Waals surface area contributed by atoms with E-state index in [0.29, 0.717) is 32.1 Å². The van der Waals surface area contributed by atoms with E-state index in [4.69, 9.17) is 0 Å². The summed E-state index contributed by atoms with van der Waals surface area (Å²) in [5.41, 5.74) is 1.62. The smallest absolute Gasteiger partial charge is 0.333 e. The van der Waals surface area contributed by atoms with Crippen molar-refractivity contribution in [3.63, 3.8) is 0 Å². The largest absolute Gasteiger partial charge is 0.353 e. The number of hydrogen-bond donors (Lipinski definition) is 1. The average Bonchev–Trinajstić information content (AvgIpc) is 3.02. The molecule has 42 heavy (non-hydrogen) atoms. The van der Waals surface area contributed by atoms with Crippen molar-refractivity contribution in [2.45, 2.75) is 69.0 Å². The molecule has 2 aromatic carbocycles. The second-order valence-corrected chi connectivity index (χ2v) is 12.6. The van der Waals surface area contributed by atoms with E-state index in [1.54, 1.807) is 4.57 Å². The van der Waals surface area contributed by atoms with Crippen molar-refractivity contribution in [1.29, 1.82) is 0 Å². The van der Waals surface area contributed by atoms with Crippen LogP contribution in [0.15, 0.2) is 82.5 Å². The fraction of sp³-hybridized carbons (Fsp3) is 0.394. The Bertz CT molecular complexity index is 1620. The minimum Gasteiger partial charge on any atom is -0.353 e. The highest BCUT2D eigenvalue weighted by molar-refractivity contribution is 7.99. The molecule has 1 amide bonds. The molecule has 2 aromatic heterocycles. The average molecular weight is 587 g/mol. The van der Waals surface area contributed by atoms with Gasteiger partial charge in [0.25, 0.3) is 5.56 Å². The predicted octanol–water partition coefficient (Wildman–Crippen LogP) is 5.59. The van der Waals surface area contributed by atoms with Gasteiger partial charge in [0.2, 0.25) is 5.91 Å². The predicted molar refractivity (Wildman–Crippen MR) is 165 cm³/mol. The van der Waals surface area contributed by atoms with Crippen molar-refractivity contribution in [3.05, 3.63) is 111 Å². The lowest BCUT2D eigenvalue weighted by Gasteiger charge is -2.32. The van der Waals surface area contributed by atoms with Crippen LogP contribution in [-0.4, -0.2) is 37.6 Å². The van der Waals surface area contributed by atoms with E-state index in [-0.39, 0.29) is 46.7 Å². The summed E-state index contributed by atoms with van der Waals surface area (Å²) in [5.74, 6) is 1.20. The van der Waals surface area contributed by atoms with Gasteiger partial charge in [-0.2, -0.15) is 11.8 Å². The van der Waals surface area contributed by atoms with E-state index < -0.39 is 11.4 Å². The van der Waals surface area contributed by atoms with Crippen molar-refractivity contribution < 1.29 is 9.18 Å². The quantitative estimate of drug-likeness (QED) is 0.305. The second-order valence-electron chi connectivity index (χ2n) is 11.3. The van der Waals surface area contributed by atoms with Crippen LogP contribution in [0.5, 0.6) is 0 Å². The molecule has 0 unspecified atom stereocenters. The maximum atomic E-state index is 14.2. The Balaban J connectivity index is 1.19. The Morgan fingerprint density at radius 3 is 2.10 bits per heavy atom. The molecule has 0 bridgehead atoms. The van der Waals surface area contributed by atoms with Crippen molar-refractivity contribution in [1.82, 2.24) is 19.4 Å². The maximum absolute atomic E-state index is 14.2. The van der Waals surface area contributed by atoms with Crippen LogP contribution in [0.4, 0.5) is 4.39 Å². The fourth-order valence-corrected chi connectivity index (χ4v) is 7.63. The summed E-state index contributed by atoms with van der Waals surface area (Å²) >= 11 is 1.85. The molecular formula is C33H35FN4O3S. The highest BCUT2D eigenvalue weighted by atomic mass is 32.2. The van der Waals surface area contributed by atoms with Crippen LogP contribution < -0.4 is 16.6 Å². The van der Waals surface area contributed by atoms with Crippen molar-refractivity contribution in [2.24, 2.45) is 0 Å². The minimum atomic E-state index is -0.591. The Labute approximate surface area is 248 Å². The third-order valence-electron chi connectivity index (χ3n) is 8.70. The van der Waals surface area contributed by atoms with E-state index >= 15 is 0 Å². The SMILES string of the molecule is O=C(CC(c1ccccc1)c1ccccc1)NC1CCC(n2c(=O)c3cc(F)cnc3n(C3CCSCC3)c2=O)CC1. The van der Waals surface area contributed by atoms with Crippen LogP contribution in [0.3, 0.4) is 0 Å². The zero-order valence-corrected chi connectivity index (χ0v) is 24.3. The molecule has 218 valence electrons. The van der Waals surface area contributed by atoms with Gasteiger partial charge in [0.15, 0.2) is 0 Å². The minimum absolute atomic E-state index is 0.0156. The summed E-state index contributed by atoms with van der Waals surface area (Å²) < 4.78 is 17.2. The van der Waals surface area contributed by atoms with Crippen LogP contribution >= 0.6 is 11.8 Å². The van der Waals surface area contributed by atoms with Gasteiger partial charge >= 0.3 is 5.69 Å². The van der Waals surface area contributed by atoms with Crippen molar-refractivity contribution in [2.75, 3.05) is 11.5 Å². The number of thioether (sulfide) groups is 1. The molecule has 0 spiro atoms. The van der Waals surface area contributed by atoms with E-state index in [2.05, 4.69) is 34.6 Å². The van der Waals surface area contributed by atoms with Crippen molar-refractivity contribution in [3.8, 4) is 0 Å². The van der Waals surface area contributed by atoms with Gasteiger partial charge in [-0.15, -0.1) is 0 Å². The molecule has 1 saturated heterocycles. The lowest BCUT2D eigenvalue weighted by atomic mass is 9.87. The van der Waals surface area contributed by atoms with Crippen LogP contribution in [-0.2, 0) is 4.79 Å². The number of aromatic nitrogens is 3. The van der Waals surface area contributed by atoms with Crippen LogP contribution in [0.25, 0.3) is 11.0 Å². The first-order chi connectivity index (χ1) is 20.5. The number of pyridine rings is 1. The third-order valence-corrected chi connectivity index (χ3v) is 9.75. The van der Waals surface area contributed by atoms with Crippen molar-refractivity contribution >= 4 is 28.7 Å². The zero-order valence-electron chi connectivity index (χ0n) is 23.5. The molecule has 7 nitrogen and oxygen atoms in total. The van der Waals surface area contributed by atoms with Crippen LogP contribution in [0.2, 0.25) is 0 Å². The molecule has 1 aliphatic heterocycles. The summed E-state index contributed by atoms with van der Waals surface area (Å²) in [6, 6.07) is 20.9. The van der Waals surface area contributed by atoms with Gasteiger partial charge in [0.1, 0.15) is 11.5 Å². The van der Waals surface area contributed by atoms with Gasteiger partial charge in [0.05, 0.1) is 11.6 Å². The number of benzene rings is 2. The lowest BCUT2D eigenvalue weighted by Crippen LogP contribution is -2.46. The molecule has 0 radical (unpaired) electrons. The summed E-state index contributed by atoms with van der Waals surface area (Å²) in [6.07, 6.45) is 5.50. The van der Waals surface area contributed by atoms with E-state index in [1.807, 2.05) is 48.2 Å². The zero-order chi connectivity index (χ0) is 29.1. The topological polar surface area (TPSA) is 86.0 Å². The van der Waals surface area contributed by atoms with Gasteiger partial charge in [-0.25, -0.2) is 14.2 Å². The van der Waals surface area contributed by atoms with E-state index in [1.165, 1.54) is 10.6 Å². The molecule has 1 N–H and O–H groups in total. The molecule has 1 aliphatic carbocycles.